The Labute approximate surface area is 104 Å². The van der Waals surface area contributed by atoms with E-state index in [2.05, 4.69) is 0 Å². The zero-order valence-corrected chi connectivity index (χ0v) is 10.4. The highest BCUT2D eigenvalue weighted by atomic mass is 19.3. The maximum atomic E-state index is 13.6. The minimum absolute atomic E-state index is 0.105. The zero-order valence-electron chi connectivity index (χ0n) is 10.4. The van der Waals surface area contributed by atoms with Gasteiger partial charge in [0, 0.05) is 6.54 Å². The third-order valence-electron chi connectivity index (χ3n) is 3.41. The fourth-order valence-electron chi connectivity index (χ4n) is 1.54. The quantitative estimate of drug-likeness (QED) is 0.660. The van der Waals surface area contributed by atoms with Crippen molar-refractivity contribution in [3.8, 4) is 0 Å². The van der Waals surface area contributed by atoms with Crippen LogP contribution in [0.15, 0.2) is 0 Å². The lowest BCUT2D eigenvalue weighted by molar-refractivity contribution is -0.216. The van der Waals surface area contributed by atoms with E-state index in [0.717, 1.165) is 0 Å². The van der Waals surface area contributed by atoms with E-state index < -0.39 is 28.8 Å². The number of hydrogen-bond donors (Lipinski definition) is 3. The van der Waals surface area contributed by atoms with Crippen molar-refractivity contribution >= 4 is 11.8 Å². The summed E-state index contributed by atoms with van der Waals surface area (Å²) in [6.45, 7) is 2.57. The number of carbonyl (C=O) groups is 2. The van der Waals surface area contributed by atoms with Crippen LogP contribution in [0.4, 0.5) is 8.78 Å². The van der Waals surface area contributed by atoms with Crippen molar-refractivity contribution in [1.29, 1.82) is 0 Å². The molecule has 0 aromatic rings. The summed E-state index contributed by atoms with van der Waals surface area (Å²) in [4.78, 5) is 22.4. The predicted molar refractivity (Wildman–Crippen MR) is 59.7 cm³/mol. The molecular formula is C11H18F2N2O3. The predicted octanol–water partition coefficient (Wildman–Crippen LogP) is 0.164. The van der Waals surface area contributed by atoms with Gasteiger partial charge in [0.2, 0.25) is 5.91 Å². The fraction of sp³-hybridized carbons (Fsp3) is 0.818. The maximum Gasteiger partial charge on any atom is 0.352 e. The minimum Gasteiger partial charge on any atom is -0.383 e. The number of aliphatic hydroxyl groups is 1. The largest absolute Gasteiger partial charge is 0.383 e. The van der Waals surface area contributed by atoms with Crippen LogP contribution in [0.3, 0.4) is 0 Å². The van der Waals surface area contributed by atoms with Gasteiger partial charge < -0.3 is 16.2 Å². The lowest BCUT2D eigenvalue weighted by atomic mass is 9.75. The maximum absolute atomic E-state index is 13.6. The van der Waals surface area contributed by atoms with E-state index in [0.29, 0.717) is 6.42 Å². The summed E-state index contributed by atoms with van der Waals surface area (Å²) in [7, 11) is 0. The zero-order chi connectivity index (χ0) is 14.2. The molecule has 0 bridgehead atoms. The Morgan fingerprint density at radius 1 is 1.39 bits per heavy atom. The number of hydrogen-bond acceptors (Lipinski definition) is 3. The van der Waals surface area contributed by atoms with Gasteiger partial charge in [0.25, 0.3) is 5.91 Å². The van der Waals surface area contributed by atoms with Crippen molar-refractivity contribution in [2.75, 3.05) is 6.54 Å². The molecule has 0 radical (unpaired) electrons. The molecule has 104 valence electrons. The van der Waals surface area contributed by atoms with Crippen LogP contribution in [0.5, 0.6) is 0 Å². The third kappa shape index (κ3) is 2.45. The van der Waals surface area contributed by atoms with Crippen LogP contribution < -0.4 is 11.1 Å². The highest BCUT2D eigenvalue weighted by Crippen LogP contribution is 2.44. The molecule has 1 fully saturated rings. The molecule has 1 saturated carbocycles. The minimum atomic E-state index is -3.85. The van der Waals surface area contributed by atoms with Gasteiger partial charge in [-0.25, -0.2) is 0 Å². The van der Waals surface area contributed by atoms with Gasteiger partial charge in [-0.1, -0.05) is 0 Å². The van der Waals surface area contributed by atoms with Crippen molar-refractivity contribution in [2.24, 2.45) is 11.1 Å². The summed E-state index contributed by atoms with van der Waals surface area (Å²) >= 11 is 0. The molecule has 0 aromatic carbocycles. The fourth-order valence-corrected chi connectivity index (χ4v) is 1.54. The highest BCUT2D eigenvalue weighted by molar-refractivity contribution is 5.86. The van der Waals surface area contributed by atoms with Gasteiger partial charge in [-0.15, -0.1) is 0 Å². The van der Waals surface area contributed by atoms with Gasteiger partial charge in [0.15, 0.2) is 0 Å². The summed E-state index contributed by atoms with van der Waals surface area (Å²) < 4.78 is 27.3. The number of rotatable bonds is 5. The molecule has 0 aliphatic heterocycles. The Morgan fingerprint density at radius 3 is 2.22 bits per heavy atom. The van der Waals surface area contributed by atoms with Crippen LogP contribution in [-0.4, -0.2) is 35.0 Å². The van der Waals surface area contributed by atoms with E-state index in [1.807, 2.05) is 5.32 Å². The normalized spacial score (nSPS) is 18.9. The Bertz CT molecular complexity index is 365. The first-order valence-corrected chi connectivity index (χ1v) is 5.71. The van der Waals surface area contributed by atoms with Gasteiger partial charge in [0.05, 0.1) is 5.41 Å². The Balaban J connectivity index is 2.63. The summed E-state index contributed by atoms with van der Waals surface area (Å²) in [5.41, 5.74) is 1.69. The summed E-state index contributed by atoms with van der Waals surface area (Å²) in [5.74, 6) is -6.12. The van der Waals surface area contributed by atoms with Crippen molar-refractivity contribution in [3.63, 3.8) is 0 Å². The smallest absolute Gasteiger partial charge is 0.352 e. The summed E-state index contributed by atoms with van der Waals surface area (Å²) in [6.07, 6.45) is 0.255. The van der Waals surface area contributed by atoms with Crippen LogP contribution in [-0.2, 0) is 9.59 Å². The van der Waals surface area contributed by atoms with Crippen LogP contribution in [0.1, 0.15) is 33.1 Å². The first-order chi connectivity index (χ1) is 8.03. The van der Waals surface area contributed by atoms with Crippen molar-refractivity contribution < 1.29 is 23.5 Å². The van der Waals surface area contributed by atoms with Crippen molar-refractivity contribution in [1.82, 2.24) is 5.32 Å². The molecule has 1 aliphatic rings. The van der Waals surface area contributed by atoms with Gasteiger partial charge in [-0.05, 0) is 33.1 Å². The van der Waals surface area contributed by atoms with Crippen LogP contribution in [0, 0.1) is 5.41 Å². The first kappa shape index (κ1) is 14.8. The molecular weight excluding hydrogens is 246 g/mol. The van der Waals surface area contributed by atoms with E-state index in [1.54, 1.807) is 0 Å². The van der Waals surface area contributed by atoms with Gasteiger partial charge >= 0.3 is 5.92 Å². The van der Waals surface area contributed by atoms with Crippen LogP contribution in [0.25, 0.3) is 0 Å². The van der Waals surface area contributed by atoms with Crippen LogP contribution >= 0.6 is 0 Å². The molecule has 0 heterocycles. The molecule has 7 heteroatoms. The first-order valence-electron chi connectivity index (χ1n) is 5.71. The monoisotopic (exact) mass is 264 g/mol. The number of halogens is 2. The Hall–Kier alpha value is -1.24. The van der Waals surface area contributed by atoms with E-state index in [4.69, 9.17) is 5.73 Å². The molecule has 4 N–H and O–H groups in total. The Morgan fingerprint density at radius 2 is 1.89 bits per heavy atom. The number of nitrogens with one attached hydrogen (secondary N) is 1. The number of amides is 2. The van der Waals surface area contributed by atoms with Crippen LogP contribution in [0.2, 0.25) is 0 Å². The standard InChI is InChI=1S/C11H18F2N2O3/c1-9(2,7(14)16)6-15-8(17)11(12,13)10(18)4-3-5-10/h18H,3-6H2,1-2H3,(H2,14,16)(H,15,17). The third-order valence-corrected chi connectivity index (χ3v) is 3.41. The molecule has 0 aromatic heterocycles. The van der Waals surface area contributed by atoms with Crippen molar-refractivity contribution in [3.05, 3.63) is 0 Å². The average molecular weight is 264 g/mol. The summed E-state index contributed by atoms with van der Waals surface area (Å²) in [5, 5.41) is 11.5. The van der Waals surface area contributed by atoms with Gasteiger partial charge in [-0.3, -0.25) is 9.59 Å². The number of primary amides is 1. The number of nitrogens with two attached hydrogens (primary N) is 1. The van der Waals surface area contributed by atoms with E-state index in [9.17, 15) is 23.5 Å². The van der Waals surface area contributed by atoms with E-state index in [-0.39, 0.29) is 19.4 Å². The molecule has 5 nitrogen and oxygen atoms in total. The topological polar surface area (TPSA) is 92.4 Å². The van der Waals surface area contributed by atoms with Gasteiger partial charge in [0.1, 0.15) is 5.60 Å². The molecule has 0 saturated heterocycles. The SMILES string of the molecule is CC(C)(CNC(=O)C(F)(F)C1(O)CCC1)C(N)=O. The second-order valence-corrected chi connectivity index (χ2v) is 5.39. The molecule has 0 atom stereocenters. The van der Waals surface area contributed by atoms with E-state index in [1.165, 1.54) is 13.8 Å². The number of alkyl halides is 2. The van der Waals surface area contributed by atoms with Crippen molar-refractivity contribution in [2.45, 2.75) is 44.6 Å². The lowest BCUT2D eigenvalue weighted by Gasteiger charge is -2.41. The second-order valence-electron chi connectivity index (χ2n) is 5.39. The molecule has 2 amide bonds. The second kappa shape index (κ2) is 4.46. The van der Waals surface area contributed by atoms with E-state index >= 15 is 0 Å². The lowest BCUT2D eigenvalue weighted by Crippen LogP contribution is -2.61. The summed E-state index contributed by atoms with van der Waals surface area (Å²) in [6, 6.07) is 0. The average Bonchev–Trinajstić information content (AvgIpc) is 2.21. The Kier molecular flexibility index (Phi) is 3.67. The molecule has 0 unspecified atom stereocenters. The number of carbonyl (C=O) groups excluding carboxylic acids is 2. The van der Waals surface area contributed by atoms with Gasteiger partial charge in [-0.2, -0.15) is 8.78 Å². The highest BCUT2D eigenvalue weighted by Gasteiger charge is 2.61. The molecule has 1 aliphatic carbocycles. The molecule has 18 heavy (non-hydrogen) atoms. The molecule has 0 spiro atoms. The molecule has 1 rings (SSSR count).